The molecule has 0 aromatic rings. The van der Waals surface area contributed by atoms with E-state index < -0.39 is 22.7 Å². The summed E-state index contributed by atoms with van der Waals surface area (Å²) in [5, 5.41) is 15.3. The van der Waals surface area contributed by atoms with Crippen LogP contribution in [0.5, 0.6) is 0 Å². The van der Waals surface area contributed by atoms with Gasteiger partial charge < -0.3 is 15.9 Å². The van der Waals surface area contributed by atoms with Crippen LogP contribution in [0.4, 0.5) is 0 Å². The molecule has 0 aliphatic rings. The molecule has 0 spiro atoms. The number of carboxylic acid groups (broad SMARTS) is 2. The molecule has 0 radical (unpaired) electrons. The van der Waals surface area contributed by atoms with E-state index in [2.05, 4.69) is 0 Å². The summed E-state index contributed by atoms with van der Waals surface area (Å²) in [6, 6.07) is 0. The van der Waals surface area contributed by atoms with Crippen molar-refractivity contribution in [1.29, 1.82) is 0 Å². The first-order chi connectivity index (χ1) is 4.46. The van der Waals surface area contributed by atoms with E-state index in [1.807, 2.05) is 0 Å². The molecule has 0 atom stereocenters. The van der Waals surface area contributed by atoms with Crippen molar-refractivity contribution in [3.63, 3.8) is 0 Å². The number of hydrogen-bond donors (Lipinski definition) is 3. The molecule has 0 aromatic carbocycles. The van der Waals surface area contributed by atoms with Crippen molar-refractivity contribution in [2.75, 3.05) is 0 Å². The van der Waals surface area contributed by atoms with Crippen molar-refractivity contribution >= 4 is 23.5 Å². The van der Waals surface area contributed by atoms with Crippen LogP contribution in [0.25, 0.3) is 0 Å². The Labute approximate surface area is 60.7 Å². The lowest BCUT2D eigenvalue weighted by Crippen LogP contribution is -2.15. The van der Waals surface area contributed by atoms with Gasteiger partial charge in [-0.25, -0.2) is 9.59 Å². The molecule has 6 heteroatoms. The van der Waals surface area contributed by atoms with E-state index in [-0.39, 0.29) is 0 Å². The fourth-order valence-corrected chi connectivity index (χ4v) is 0.290. The number of aliphatic carboxylic acids is 2. The lowest BCUT2D eigenvalue weighted by molar-refractivity contribution is -0.135. The van der Waals surface area contributed by atoms with Crippen LogP contribution in [0.15, 0.2) is 10.7 Å². The second-order valence-electron chi connectivity index (χ2n) is 1.34. The summed E-state index contributed by atoms with van der Waals surface area (Å²) < 4.78 is 0. The third-order valence-electron chi connectivity index (χ3n) is 0.655. The number of nitrogens with two attached hydrogens (primary N) is 1. The zero-order valence-corrected chi connectivity index (χ0v) is 5.42. The molecule has 0 rings (SSSR count). The van der Waals surface area contributed by atoms with Crippen LogP contribution in [-0.2, 0) is 9.59 Å². The second kappa shape index (κ2) is 3.07. The molecule has 5 nitrogen and oxygen atoms in total. The Morgan fingerprint density at radius 2 is 1.60 bits per heavy atom. The van der Waals surface area contributed by atoms with E-state index in [1.165, 1.54) is 0 Å². The number of carboxylic acids is 2. The molecule has 0 aromatic heterocycles. The molecule has 0 fully saturated rings. The van der Waals surface area contributed by atoms with E-state index in [1.54, 1.807) is 0 Å². The SMILES string of the molecule is N/C(C(=O)O)=C(/Cl)C(=O)O. The Morgan fingerprint density at radius 1 is 1.20 bits per heavy atom. The van der Waals surface area contributed by atoms with E-state index >= 15 is 0 Å². The van der Waals surface area contributed by atoms with Crippen molar-refractivity contribution in [2.45, 2.75) is 0 Å². The molecule has 56 valence electrons. The summed E-state index contributed by atoms with van der Waals surface area (Å²) in [4.78, 5) is 19.8. The zero-order chi connectivity index (χ0) is 8.31. The van der Waals surface area contributed by atoms with Crippen molar-refractivity contribution in [3.8, 4) is 0 Å². The van der Waals surface area contributed by atoms with Crippen LogP contribution >= 0.6 is 11.6 Å². The Morgan fingerprint density at radius 3 is 1.70 bits per heavy atom. The third-order valence-corrected chi connectivity index (χ3v) is 1.02. The van der Waals surface area contributed by atoms with Crippen molar-refractivity contribution < 1.29 is 19.8 Å². The summed E-state index contributed by atoms with van der Waals surface area (Å²) in [6.45, 7) is 0. The summed E-state index contributed by atoms with van der Waals surface area (Å²) in [5.74, 6) is -3.10. The lowest BCUT2D eigenvalue weighted by Gasteiger charge is -1.93. The fourth-order valence-electron chi connectivity index (χ4n) is 0.209. The fraction of sp³-hybridized carbons (Fsp3) is 0. The molecular formula is C4H4ClNO4. The van der Waals surface area contributed by atoms with Gasteiger partial charge in [0, 0.05) is 0 Å². The number of carbonyl (C=O) groups is 2. The van der Waals surface area contributed by atoms with Gasteiger partial charge in [-0.2, -0.15) is 0 Å². The first-order valence-corrected chi connectivity index (χ1v) is 2.46. The van der Waals surface area contributed by atoms with E-state index in [9.17, 15) is 9.59 Å². The number of hydrogen-bond acceptors (Lipinski definition) is 3. The van der Waals surface area contributed by atoms with Crippen LogP contribution < -0.4 is 5.73 Å². The molecule has 0 amide bonds. The summed E-state index contributed by atoms with van der Waals surface area (Å²) in [6.07, 6.45) is 0. The Kier molecular flexibility index (Phi) is 2.69. The average Bonchev–Trinajstić information content (AvgIpc) is 1.84. The standard InChI is InChI=1S/C4H4ClNO4/c5-1(3(7)8)2(6)4(9)10/h6H2,(H,7,8)(H,9,10)/b2-1+. The topological polar surface area (TPSA) is 101 Å². The highest BCUT2D eigenvalue weighted by molar-refractivity contribution is 6.42. The molecular weight excluding hydrogens is 162 g/mol. The monoisotopic (exact) mass is 165 g/mol. The molecule has 10 heavy (non-hydrogen) atoms. The van der Waals surface area contributed by atoms with Crippen molar-refractivity contribution in [3.05, 3.63) is 10.7 Å². The molecule has 0 heterocycles. The smallest absolute Gasteiger partial charge is 0.353 e. The van der Waals surface area contributed by atoms with Gasteiger partial charge in [-0.1, -0.05) is 11.6 Å². The third kappa shape index (κ3) is 1.94. The largest absolute Gasteiger partial charge is 0.477 e. The lowest BCUT2D eigenvalue weighted by atomic mass is 10.4. The normalized spacial score (nSPS) is 12.1. The van der Waals surface area contributed by atoms with E-state index in [0.717, 1.165) is 0 Å². The van der Waals surface area contributed by atoms with Crippen LogP contribution in [0, 0.1) is 0 Å². The highest BCUT2D eigenvalue weighted by Gasteiger charge is 2.13. The van der Waals surface area contributed by atoms with Gasteiger partial charge in [0.2, 0.25) is 0 Å². The summed E-state index contributed by atoms with van der Waals surface area (Å²) in [5.41, 5.74) is 3.86. The van der Waals surface area contributed by atoms with E-state index in [0.29, 0.717) is 0 Å². The van der Waals surface area contributed by atoms with Gasteiger partial charge in [-0.05, 0) is 0 Å². The molecule has 0 bridgehead atoms. The van der Waals surface area contributed by atoms with Crippen LogP contribution in [0.2, 0.25) is 0 Å². The van der Waals surface area contributed by atoms with Crippen LogP contribution in [0.3, 0.4) is 0 Å². The van der Waals surface area contributed by atoms with Gasteiger partial charge in [0.25, 0.3) is 0 Å². The molecule has 0 aliphatic heterocycles. The van der Waals surface area contributed by atoms with Gasteiger partial charge in [-0.15, -0.1) is 0 Å². The summed E-state index contributed by atoms with van der Waals surface area (Å²) in [7, 11) is 0. The van der Waals surface area contributed by atoms with Gasteiger partial charge >= 0.3 is 11.9 Å². The Hall–Kier alpha value is -1.23. The summed E-state index contributed by atoms with van der Waals surface area (Å²) >= 11 is 4.94. The Balaban J connectivity index is 4.67. The predicted octanol–water partition coefficient (Wildman–Crippen LogP) is -0.435. The quantitative estimate of drug-likeness (QED) is 0.482. The van der Waals surface area contributed by atoms with Gasteiger partial charge in [0.05, 0.1) is 0 Å². The van der Waals surface area contributed by atoms with Gasteiger partial charge in [0.1, 0.15) is 5.70 Å². The van der Waals surface area contributed by atoms with Crippen molar-refractivity contribution in [1.82, 2.24) is 0 Å². The molecule has 0 saturated carbocycles. The van der Waals surface area contributed by atoms with Crippen LogP contribution in [0.1, 0.15) is 0 Å². The zero-order valence-electron chi connectivity index (χ0n) is 4.67. The Bertz CT molecular complexity index is 187. The number of halogens is 1. The first-order valence-electron chi connectivity index (χ1n) is 2.08. The van der Waals surface area contributed by atoms with Gasteiger partial charge in [-0.3, -0.25) is 0 Å². The van der Waals surface area contributed by atoms with Crippen LogP contribution in [-0.4, -0.2) is 22.2 Å². The molecule has 4 N–H and O–H groups in total. The van der Waals surface area contributed by atoms with Gasteiger partial charge in [0.15, 0.2) is 5.03 Å². The maximum atomic E-state index is 9.91. The predicted molar refractivity (Wildman–Crippen MR) is 32.3 cm³/mol. The minimum atomic E-state index is -1.55. The van der Waals surface area contributed by atoms with E-state index in [4.69, 9.17) is 27.5 Å². The minimum Gasteiger partial charge on any atom is -0.477 e. The number of rotatable bonds is 2. The minimum absolute atomic E-state index is 0.867. The molecule has 0 aliphatic carbocycles. The first kappa shape index (κ1) is 8.77. The maximum Gasteiger partial charge on any atom is 0.353 e. The molecule has 0 unspecified atom stereocenters. The average molecular weight is 166 g/mol. The highest BCUT2D eigenvalue weighted by atomic mass is 35.5. The highest BCUT2D eigenvalue weighted by Crippen LogP contribution is 2.04. The second-order valence-corrected chi connectivity index (χ2v) is 1.72. The van der Waals surface area contributed by atoms with Crippen molar-refractivity contribution in [2.24, 2.45) is 5.73 Å². The maximum absolute atomic E-state index is 9.91. The molecule has 0 saturated heterocycles.